The fourth-order valence-electron chi connectivity index (χ4n) is 2.79. The van der Waals surface area contributed by atoms with E-state index in [1.165, 1.54) is 12.6 Å². The van der Waals surface area contributed by atoms with Crippen LogP contribution in [0.25, 0.3) is 11.1 Å². The number of hydrogen-bond acceptors (Lipinski definition) is 7. The molecule has 0 amide bonds. The zero-order chi connectivity index (χ0) is 15.7. The fraction of sp³-hybridized carbons (Fsp3) is 0.615. The fourth-order valence-corrected chi connectivity index (χ4v) is 3.73. The first-order valence-corrected chi connectivity index (χ1v) is 9.06. The normalized spacial score (nSPS) is 20.4. The standard InChI is InChI=1S/C13H19N5O3S/c1-9-11-12(15-8-16-13(11)21-17-9)14-6-10-4-3-5-18(7-10)22(2,19)20/h8,10H,3-7H2,1-2H3,(H,14,15,16)/t10-/m1/s1. The van der Waals surface area contributed by atoms with Crippen molar-refractivity contribution in [1.29, 1.82) is 0 Å². The maximum atomic E-state index is 11.7. The third-order valence-corrected chi connectivity index (χ3v) is 5.22. The topological polar surface area (TPSA) is 101 Å². The van der Waals surface area contributed by atoms with E-state index in [0.29, 0.717) is 31.2 Å². The van der Waals surface area contributed by atoms with Gasteiger partial charge in [0.2, 0.25) is 10.0 Å². The third-order valence-electron chi connectivity index (χ3n) is 3.95. The quantitative estimate of drug-likeness (QED) is 0.895. The Kier molecular flexibility index (Phi) is 4.00. The minimum atomic E-state index is -3.12. The van der Waals surface area contributed by atoms with Crippen LogP contribution in [0.2, 0.25) is 0 Å². The molecular weight excluding hydrogens is 306 g/mol. The van der Waals surface area contributed by atoms with Gasteiger partial charge in [0.05, 0.1) is 11.9 Å². The lowest BCUT2D eigenvalue weighted by Gasteiger charge is -2.31. The van der Waals surface area contributed by atoms with Crippen LogP contribution >= 0.6 is 0 Å². The molecule has 1 saturated heterocycles. The molecule has 0 saturated carbocycles. The van der Waals surface area contributed by atoms with Crippen LogP contribution in [0.4, 0.5) is 5.82 Å². The summed E-state index contributed by atoms with van der Waals surface area (Å²) in [5.41, 5.74) is 1.19. The van der Waals surface area contributed by atoms with Crippen LogP contribution in [-0.2, 0) is 10.0 Å². The summed E-state index contributed by atoms with van der Waals surface area (Å²) in [7, 11) is -3.12. The number of aromatic nitrogens is 3. The van der Waals surface area contributed by atoms with Crippen molar-refractivity contribution in [2.75, 3.05) is 31.2 Å². The smallest absolute Gasteiger partial charge is 0.263 e. The summed E-state index contributed by atoms with van der Waals surface area (Å²) in [6.07, 6.45) is 4.57. The number of nitrogens with zero attached hydrogens (tertiary/aromatic N) is 4. The van der Waals surface area contributed by atoms with Crippen molar-refractivity contribution in [3.63, 3.8) is 0 Å². The van der Waals surface area contributed by atoms with Gasteiger partial charge < -0.3 is 9.84 Å². The van der Waals surface area contributed by atoms with Gasteiger partial charge in [-0.3, -0.25) is 0 Å². The number of hydrogen-bond donors (Lipinski definition) is 1. The summed E-state index contributed by atoms with van der Waals surface area (Å²) in [5.74, 6) is 0.939. The molecule has 1 aliphatic heterocycles. The summed E-state index contributed by atoms with van der Waals surface area (Å²) in [4.78, 5) is 8.27. The Balaban J connectivity index is 1.70. The maximum absolute atomic E-state index is 11.7. The number of anilines is 1. The highest BCUT2D eigenvalue weighted by Gasteiger charge is 2.26. The molecule has 0 spiro atoms. The average molecular weight is 325 g/mol. The molecule has 0 aliphatic carbocycles. The molecule has 8 nitrogen and oxygen atoms in total. The van der Waals surface area contributed by atoms with Crippen molar-refractivity contribution >= 4 is 26.9 Å². The van der Waals surface area contributed by atoms with Gasteiger partial charge in [0.15, 0.2) is 0 Å². The maximum Gasteiger partial charge on any atom is 0.263 e. The molecular formula is C13H19N5O3S. The van der Waals surface area contributed by atoms with Crippen molar-refractivity contribution in [3.05, 3.63) is 12.0 Å². The number of sulfonamides is 1. The van der Waals surface area contributed by atoms with Gasteiger partial charge in [0, 0.05) is 19.6 Å². The van der Waals surface area contributed by atoms with E-state index in [0.717, 1.165) is 23.9 Å². The summed E-state index contributed by atoms with van der Waals surface area (Å²) in [5, 5.41) is 7.95. The number of aryl methyl sites for hydroxylation is 1. The summed E-state index contributed by atoms with van der Waals surface area (Å²) < 4.78 is 30.0. The first-order chi connectivity index (χ1) is 10.4. The number of piperidine rings is 1. The van der Waals surface area contributed by atoms with Gasteiger partial charge in [0.1, 0.15) is 17.5 Å². The van der Waals surface area contributed by atoms with Gasteiger partial charge in [-0.1, -0.05) is 5.16 Å². The highest BCUT2D eigenvalue weighted by Crippen LogP contribution is 2.24. The Morgan fingerprint density at radius 3 is 3.05 bits per heavy atom. The van der Waals surface area contributed by atoms with Crippen LogP contribution in [0, 0.1) is 12.8 Å². The molecule has 9 heteroatoms. The Hall–Kier alpha value is -1.74. The molecule has 0 bridgehead atoms. The minimum Gasteiger partial charge on any atom is -0.369 e. The molecule has 3 heterocycles. The van der Waals surface area contributed by atoms with Gasteiger partial charge in [-0.05, 0) is 25.7 Å². The van der Waals surface area contributed by atoms with Gasteiger partial charge in [-0.2, -0.15) is 4.98 Å². The lowest BCUT2D eigenvalue weighted by Crippen LogP contribution is -2.41. The van der Waals surface area contributed by atoms with E-state index in [9.17, 15) is 8.42 Å². The molecule has 120 valence electrons. The summed E-state index contributed by atoms with van der Waals surface area (Å²) in [6, 6.07) is 0. The molecule has 1 aliphatic rings. The Morgan fingerprint density at radius 2 is 2.27 bits per heavy atom. The molecule has 1 fully saturated rings. The molecule has 3 rings (SSSR count). The van der Waals surface area contributed by atoms with Crippen LogP contribution in [0.1, 0.15) is 18.5 Å². The van der Waals surface area contributed by atoms with E-state index in [1.54, 1.807) is 4.31 Å². The molecule has 2 aromatic heterocycles. The van der Waals surface area contributed by atoms with Gasteiger partial charge in [-0.15, -0.1) is 0 Å². The SMILES string of the molecule is Cc1noc2ncnc(NC[C@H]3CCCN(S(C)(=O)=O)C3)c12. The van der Waals surface area contributed by atoms with Gasteiger partial charge >= 0.3 is 0 Å². The van der Waals surface area contributed by atoms with E-state index in [4.69, 9.17) is 4.52 Å². The third kappa shape index (κ3) is 3.05. The van der Waals surface area contributed by atoms with Gasteiger partial charge in [0.25, 0.3) is 5.71 Å². The predicted molar refractivity (Wildman–Crippen MR) is 82.0 cm³/mol. The zero-order valence-electron chi connectivity index (χ0n) is 12.6. The zero-order valence-corrected chi connectivity index (χ0v) is 13.4. The summed E-state index contributed by atoms with van der Waals surface area (Å²) in [6.45, 7) is 3.65. The first kappa shape index (κ1) is 15.2. The van der Waals surface area contributed by atoms with Crippen LogP contribution in [0.5, 0.6) is 0 Å². The van der Waals surface area contributed by atoms with E-state index in [-0.39, 0.29) is 5.92 Å². The number of rotatable bonds is 4. The number of nitrogens with one attached hydrogen (secondary N) is 1. The second kappa shape index (κ2) is 5.81. The van der Waals surface area contributed by atoms with Crippen molar-refractivity contribution < 1.29 is 12.9 Å². The average Bonchev–Trinajstić information content (AvgIpc) is 2.87. The van der Waals surface area contributed by atoms with E-state index >= 15 is 0 Å². The Bertz CT molecular complexity index is 773. The van der Waals surface area contributed by atoms with Gasteiger partial charge in [-0.25, -0.2) is 17.7 Å². The van der Waals surface area contributed by atoms with Crippen molar-refractivity contribution in [1.82, 2.24) is 19.4 Å². The van der Waals surface area contributed by atoms with Crippen LogP contribution in [0.3, 0.4) is 0 Å². The lowest BCUT2D eigenvalue weighted by atomic mass is 10.00. The van der Waals surface area contributed by atoms with Crippen LogP contribution in [0.15, 0.2) is 10.9 Å². The minimum absolute atomic E-state index is 0.258. The van der Waals surface area contributed by atoms with Crippen LogP contribution < -0.4 is 5.32 Å². The highest BCUT2D eigenvalue weighted by molar-refractivity contribution is 7.88. The van der Waals surface area contributed by atoms with Crippen LogP contribution in [-0.4, -0.2) is 53.7 Å². The Morgan fingerprint density at radius 1 is 1.45 bits per heavy atom. The molecule has 0 unspecified atom stereocenters. The predicted octanol–water partition coefficient (Wildman–Crippen LogP) is 1.01. The van der Waals surface area contributed by atoms with Crippen molar-refractivity contribution in [2.45, 2.75) is 19.8 Å². The molecule has 0 radical (unpaired) electrons. The molecule has 1 atom stereocenters. The number of fused-ring (bicyclic) bond motifs is 1. The van der Waals surface area contributed by atoms with Crippen molar-refractivity contribution in [3.8, 4) is 0 Å². The molecule has 22 heavy (non-hydrogen) atoms. The molecule has 2 aromatic rings. The van der Waals surface area contributed by atoms with Crippen molar-refractivity contribution in [2.24, 2.45) is 5.92 Å². The highest BCUT2D eigenvalue weighted by atomic mass is 32.2. The Labute approximate surface area is 129 Å². The summed E-state index contributed by atoms with van der Waals surface area (Å²) >= 11 is 0. The van der Waals surface area contributed by atoms with E-state index < -0.39 is 10.0 Å². The largest absolute Gasteiger partial charge is 0.369 e. The molecule has 0 aromatic carbocycles. The monoisotopic (exact) mass is 325 g/mol. The second-order valence-electron chi connectivity index (χ2n) is 5.68. The first-order valence-electron chi connectivity index (χ1n) is 7.21. The molecule has 1 N–H and O–H groups in total. The lowest BCUT2D eigenvalue weighted by molar-refractivity contribution is 0.276. The van der Waals surface area contributed by atoms with E-state index in [1.807, 2.05) is 6.92 Å². The second-order valence-corrected chi connectivity index (χ2v) is 7.66. The van der Waals surface area contributed by atoms with E-state index in [2.05, 4.69) is 20.4 Å².